The number of hydrogen-bond donors (Lipinski definition) is 2. The van der Waals surface area contributed by atoms with E-state index in [0.29, 0.717) is 17.3 Å². The highest BCUT2D eigenvalue weighted by Gasteiger charge is 2.15. The molecule has 4 nitrogen and oxygen atoms in total. The second-order valence-corrected chi connectivity index (χ2v) is 5.96. The van der Waals surface area contributed by atoms with Crippen molar-refractivity contribution in [2.45, 2.75) is 11.8 Å². The van der Waals surface area contributed by atoms with Crippen molar-refractivity contribution in [1.29, 1.82) is 0 Å². The van der Waals surface area contributed by atoms with Gasteiger partial charge in [0.2, 0.25) is 0 Å². The van der Waals surface area contributed by atoms with Gasteiger partial charge in [-0.05, 0) is 42.8 Å². The van der Waals surface area contributed by atoms with Crippen LogP contribution in [0.1, 0.15) is 5.56 Å². The van der Waals surface area contributed by atoms with Crippen LogP contribution in [0.4, 0.5) is 20.2 Å². The topological polar surface area (TPSA) is 72.2 Å². The van der Waals surface area contributed by atoms with Gasteiger partial charge in [0, 0.05) is 11.8 Å². The van der Waals surface area contributed by atoms with Crippen LogP contribution >= 0.6 is 0 Å². The quantitative estimate of drug-likeness (QED) is 0.856. The zero-order chi connectivity index (χ0) is 14.9. The molecule has 3 N–H and O–H groups in total. The van der Waals surface area contributed by atoms with Crippen LogP contribution in [0.5, 0.6) is 0 Å². The molecule has 0 aliphatic heterocycles. The minimum absolute atomic E-state index is 0.0335. The Hall–Kier alpha value is -2.15. The van der Waals surface area contributed by atoms with Crippen molar-refractivity contribution in [3.8, 4) is 0 Å². The third-order valence-electron chi connectivity index (χ3n) is 2.67. The van der Waals surface area contributed by atoms with E-state index in [1.807, 2.05) is 0 Å². The molecule has 0 aliphatic rings. The number of aryl methyl sites for hydroxylation is 1. The Balaban J connectivity index is 2.37. The third-order valence-corrected chi connectivity index (χ3v) is 4.05. The van der Waals surface area contributed by atoms with Crippen molar-refractivity contribution < 1.29 is 17.2 Å². The maximum atomic E-state index is 13.0. The van der Waals surface area contributed by atoms with E-state index in [2.05, 4.69) is 4.72 Å². The number of anilines is 2. The van der Waals surface area contributed by atoms with Gasteiger partial charge < -0.3 is 5.73 Å². The van der Waals surface area contributed by atoms with Crippen LogP contribution in [-0.4, -0.2) is 8.42 Å². The zero-order valence-electron chi connectivity index (χ0n) is 10.5. The number of nitrogens with two attached hydrogens (primary N) is 1. The summed E-state index contributed by atoms with van der Waals surface area (Å²) >= 11 is 0. The summed E-state index contributed by atoms with van der Waals surface area (Å²) < 4.78 is 52.4. The Morgan fingerprint density at radius 1 is 1.05 bits per heavy atom. The fraction of sp³-hybridized carbons (Fsp3) is 0.0769. The van der Waals surface area contributed by atoms with Gasteiger partial charge in [0.15, 0.2) is 0 Å². The van der Waals surface area contributed by atoms with Gasteiger partial charge in [0.1, 0.15) is 11.6 Å². The minimum Gasteiger partial charge on any atom is -0.399 e. The third kappa shape index (κ3) is 3.05. The van der Waals surface area contributed by atoms with Gasteiger partial charge in [-0.15, -0.1) is 0 Å². The maximum absolute atomic E-state index is 13.0. The highest BCUT2D eigenvalue weighted by atomic mass is 32.2. The smallest absolute Gasteiger partial charge is 0.261 e. The molecule has 0 radical (unpaired) electrons. The lowest BCUT2D eigenvalue weighted by Crippen LogP contribution is -2.13. The van der Waals surface area contributed by atoms with Crippen LogP contribution in [-0.2, 0) is 10.0 Å². The average molecular weight is 298 g/mol. The van der Waals surface area contributed by atoms with Crippen molar-refractivity contribution in [2.75, 3.05) is 10.5 Å². The summed E-state index contributed by atoms with van der Waals surface area (Å²) in [7, 11) is -3.92. The average Bonchev–Trinajstić information content (AvgIpc) is 2.30. The Morgan fingerprint density at radius 3 is 2.20 bits per heavy atom. The highest BCUT2D eigenvalue weighted by Crippen LogP contribution is 2.21. The number of nitrogens with one attached hydrogen (secondary N) is 1. The van der Waals surface area contributed by atoms with Crippen LogP contribution in [0.3, 0.4) is 0 Å². The van der Waals surface area contributed by atoms with Gasteiger partial charge in [-0.25, -0.2) is 17.2 Å². The molecule has 20 heavy (non-hydrogen) atoms. The monoisotopic (exact) mass is 298 g/mol. The van der Waals surface area contributed by atoms with Gasteiger partial charge >= 0.3 is 0 Å². The van der Waals surface area contributed by atoms with E-state index in [9.17, 15) is 17.2 Å². The lowest BCUT2D eigenvalue weighted by Gasteiger charge is -2.10. The van der Waals surface area contributed by atoms with Gasteiger partial charge in [-0.3, -0.25) is 4.72 Å². The molecule has 0 aliphatic carbocycles. The number of hydrogen-bond acceptors (Lipinski definition) is 3. The number of nitrogen functional groups attached to an aromatic ring is 1. The molecule has 2 aromatic carbocycles. The molecule has 0 amide bonds. The molecule has 2 rings (SSSR count). The van der Waals surface area contributed by atoms with E-state index in [-0.39, 0.29) is 10.6 Å². The standard InChI is InChI=1S/C13H12F2N2O2S/c1-8-4-12(2-3-13(8)16)20(18,19)17-11-6-9(14)5-10(15)7-11/h2-7,17H,16H2,1H3. The van der Waals surface area contributed by atoms with Crippen LogP contribution in [0, 0.1) is 18.6 Å². The highest BCUT2D eigenvalue weighted by molar-refractivity contribution is 7.92. The molecule has 0 spiro atoms. The Kier molecular flexibility index (Phi) is 3.63. The molecule has 0 saturated heterocycles. The second-order valence-electron chi connectivity index (χ2n) is 4.28. The number of benzene rings is 2. The molecule has 0 heterocycles. The maximum Gasteiger partial charge on any atom is 0.261 e. The number of rotatable bonds is 3. The molecule has 0 bridgehead atoms. The Bertz CT molecular complexity index is 741. The van der Waals surface area contributed by atoms with Crippen molar-refractivity contribution >= 4 is 21.4 Å². The van der Waals surface area contributed by atoms with Crippen LogP contribution < -0.4 is 10.5 Å². The van der Waals surface area contributed by atoms with E-state index in [1.54, 1.807) is 6.92 Å². The predicted molar refractivity (Wildman–Crippen MR) is 72.8 cm³/mol. The van der Waals surface area contributed by atoms with Gasteiger partial charge in [-0.1, -0.05) is 0 Å². The Morgan fingerprint density at radius 2 is 1.65 bits per heavy atom. The summed E-state index contributed by atoms with van der Waals surface area (Å²) in [6.45, 7) is 1.66. The second kappa shape index (κ2) is 5.09. The zero-order valence-corrected chi connectivity index (χ0v) is 11.3. The van der Waals surface area contributed by atoms with E-state index >= 15 is 0 Å². The van der Waals surface area contributed by atoms with Crippen molar-refractivity contribution in [2.24, 2.45) is 0 Å². The molecule has 106 valence electrons. The first-order valence-corrected chi connectivity index (χ1v) is 7.11. The molecule has 0 atom stereocenters. The summed E-state index contributed by atoms with van der Waals surface area (Å²) in [6.07, 6.45) is 0. The first-order valence-electron chi connectivity index (χ1n) is 5.63. The molecule has 0 fully saturated rings. The van der Waals surface area contributed by atoms with Crippen LogP contribution in [0.2, 0.25) is 0 Å². The van der Waals surface area contributed by atoms with Crippen molar-refractivity contribution in [3.05, 3.63) is 53.6 Å². The summed E-state index contributed by atoms with van der Waals surface area (Å²) in [5.41, 5.74) is 6.48. The van der Waals surface area contributed by atoms with Crippen molar-refractivity contribution in [1.82, 2.24) is 0 Å². The van der Waals surface area contributed by atoms with Crippen LogP contribution in [0.15, 0.2) is 41.3 Å². The Labute approximate surface area is 115 Å². The first-order chi connectivity index (χ1) is 9.28. The summed E-state index contributed by atoms with van der Waals surface area (Å²) in [5.74, 6) is -1.73. The number of halogens is 2. The molecular formula is C13H12F2N2O2S. The lowest BCUT2D eigenvalue weighted by atomic mass is 10.2. The SMILES string of the molecule is Cc1cc(S(=O)(=O)Nc2cc(F)cc(F)c2)ccc1N. The van der Waals surface area contributed by atoms with E-state index < -0.39 is 21.7 Å². The molecule has 0 aromatic heterocycles. The molecular weight excluding hydrogens is 286 g/mol. The van der Waals surface area contributed by atoms with Crippen molar-refractivity contribution in [3.63, 3.8) is 0 Å². The lowest BCUT2D eigenvalue weighted by molar-refractivity contribution is 0.584. The normalized spacial score (nSPS) is 11.3. The van der Waals surface area contributed by atoms with E-state index in [0.717, 1.165) is 12.1 Å². The largest absolute Gasteiger partial charge is 0.399 e. The fourth-order valence-electron chi connectivity index (χ4n) is 1.64. The molecule has 7 heteroatoms. The summed E-state index contributed by atoms with van der Waals surface area (Å²) in [6, 6.07) is 6.60. The van der Waals surface area contributed by atoms with Gasteiger partial charge in [0.05, 0.1) is 10.6 Å². The van der Waals surface area contributed by atoms with Gasteiger partial charge in [-0.2, -0.15) is 0 Å². The fourth-order valence-corrected chi connectivity index (χ4v) is 2.77. The van der Waals surface area contributed by atoms with Gasteiger partial charge in [0.25, 0.3) is 10.0 Å². The first kappa shape index (κ1) is 14.3. The molecule has 0 saturated carbocycles. The van der Waals surface area contributed by atoms with E-state index in [1.165, 1.54) is 18.2 Å². The molecule has 0 unspecified atom stereocenters. The number of sulfonamides is 1. The van der Waals surface area contributed by atoms with E-state index in [4.69, 9.17) is 5.73 Å². The molecule has 2 aromatic rings. The van der Waals surface area contributed by atoms with Crippen LogP contribution in [0.25, 0.3) is 0 Å². The minimum atomic E-state index is -3.92. The summed E-state index contributed by atoms with van der Waals surface area (Å²) in [5, 5.41) is 0. The summed E-state index contributed by atoms with van der Waals surface area (Å²) in [4.78, 5) is -0.0335. The predicted octanol–water partition coefficient (Wildman–Crippen LogP) is 2.66.